The normalized spacial score (nSPS) is 10.7. The molecule has 0 aliphatic heterocycles. The van der Waals surface area contributed by atoms with Crippen LogP contribution in [0, 0.1) is 6.92 Å². The monoisotopic (exact) mass is 452 g/mol. The molecule has 30 heavy (non-hydrogen) atoms. The number of para-hydroxylation sites is 1. The molecule has 0 spiro atoms. The van der Waals surface area contributed by atoms with Gasteiger partial charge in [0.2, 0.25) is 0 Å². The smallest absolute Gasteiger partial charge is 0.336 e. The van der Waals surface area contributed by atoms with E-state index in [1.807, 2.05) is 67.6 Å². The topological polar surface area (TPSA) is 54.3 Å². The van der Waals surface area contributed by atoms with Crippen molar-refractivity contribution in [3.8, 4) is 0 Å². The number of hydrogen-bond acceptors (Lipinski definition) is 4. The molecule has 7 heteroatoms. The predicted molar refractivity (Wildman–Crippen MR) is 129 cm³/mol. The molecule has 1 aromatic heterocycles. The SMILES string of the molecule is Cc1cc(=O)oc2cc(NC(=S)Nc3ccccc3Sc3ccc(Cl)cc3)ccc12. The van der Waals surface area contributed by atoms with Crippen molar-refractivity contribution in [2.75, 3.05) is 10.6 Å². The maximum Gasteiger partial charge on any atom is 0.336 e. The van der Waals surface area contributed by atoms with Crippen molar-refractivity contribution in [1.82, 2.24) is 0 Å². The molecule has 0 bridgehead atoms. The van der Waals surface area contributed by atoms with Gasteiger partial charge in [-0.1, -0.05) is 35.5 Å². The predicted octanol–water partition coefficient (Wildman–Crippen LogP) is 6.71. The highest BCUT2D eigenvalue weighted by Gasteiger charge is 2.08. The van der Waals surface area contributed by atoms with Gasteiger partial charge in [0.1, 0.15) is 5.58 Å². The van der Waals surface area contributed by atoms with Crippen molar-refractivity contribution < 1.29 is 4.42 Å². The van der Waals surface area contributed by atoms with E-state index in [2.05, 4.69) is 10.6 Å². The van der Waals surface area contributed by atoms with Gasteiger partial charge in [-0.15, -0.1) is 0 Å². The lowest BCUT2D eigenvalue weighted by molar-refractivity contribution is 0.560. The Morgan fingerprint density at radius 1 is 1.00 bits per heavy atom. The van der Waals surface area contributed by atoms with Crippen LogP contribution in [-0.2, 0) is 0 Å². The minimum atomic E-state index is -0.369. The fraction of sp³-hybridized carbons (Fsp3) is 0.0435. The Balaban J connectivity index is 1.51. The number of aryl methyl sites for hydroxylation is 1. The molecule has 0 saturated heterocycles. The van der Waals surface area contributed by atoms with E-state index in [1.54, 1.807) is 17.8 Å². The molecular weight excluding hydrogens is 436 g/mol. The van der Waals surface area contributed by atoms with Crippen LogP contribution in [0.2, 0.25) is 5.02 Å². The van der Waals surface area contributed by atoms with Crippen molar-refractivity contribution in [3.05, 3.63) is 93.8 Å². The van der Waals surface area contributed by atoms with Crippen LogP contribution >= 0.6 is 35.6 Å². The number of anilines is 2. The first-order chi connectivity index (χ1) is 14.5. The van der Waals surface area contributed by atoms with Crippen molar-refractivity contribution >= 4 is 63.0 Å². The summed E-state index contributed by atoms with van der Waals surface area (Å²) in [5.41, 5.74) is 2.65. The summed E-state index contributed by atoms with van der Waals surface area (Å²) in [7, 11) is 0. The quantitative estimate of drug-likeness (QED) is 0.265. The molecule has 0 radical (unpaired) electrons. The molecule has 0 unspecified atom stereocenters. The Hall–Kier alpha value is -2.80. The number of fused-ring (bicyclic) bond motifs is 1. The highest BCUT2D eigenvalue weighted by Crippen LogP contribution is 2.34. The maximum atomic E-state index is 11.7. The molecule has 1 heterocycles. The molecule has 150 valence electrons. The molecule has 0 saturated carbocycles. The van der Waals surface area contributed by atoms with Crippen LogP contribution in [0.5, 0.6) is 0 Å². The average molecular weight is 453 g/mol. The molecule has 2 N–H and O–H groups in total. The molecule has 4 aromatic rings. The van der Waals surface area contributed by atoms with E-state index in [4.69, 9.17) is 28.2 Å². The molecule has 0 aliphatic rings. The van der Waals surface area contributed by atoms with Gasteiger partial charge in [0.15, 0.2) is 5.11 Å². The molecule has 0 amide bonds. The van der Waals surface area contributed by atoms with Crippen LogP contribution in [0.3, 0.4) is 0 Å². The third-order valence-corrected chi connectivity index (χ3v) is 5.93. The second-order valence-corrected chi connectivity index (χ2v) is 8.55. The highest BCUT2D eigenvalue weighted by molar-refractivity contribution is 7.99. The third kappa shape index (κ3) is 4.84. The van der Waals surface area contributed by atoms with Crippen molar-refractivity contribution in [1.29, 1.82) is 0 Å². The molecule has 0 fully saturated rings. The summed E-state index contributed by atoms with van der Waals surface area (Å²) in [6.07, 6.45) is 0. The molecular formula is C23H17ClN2O2S2. The number of thiocarbonyl (C=S) groups is 1. The minimum Gasteiger partial charge on any atom is -0.423 e. The maximum absolute atomic E-state index is 11.7. The Morgan fingerprint density at radius 2 is 1.77 bits per heavy atom. The van der Waals surface area contributed by atoms with E-state index >= 15 is 0 Å². The summed E-state index contributed by atoms with van der Waals surface area (Å²) in [6, 6.07) is 22.7. The largest absolute Gasteiger partial charge is 0.423 e. The first-order valence-electron chi connectivity index (χ1n) is 9.13. The fourth-order valence-electron chi connectivity index (χ4n) is 2.98. The standard InChI is InChI=1S/C23H17ClN2O2S2/c1-14-12-22(27)28-20-13-16(8-11-18(14)20)25-23(29)26-19-4-2-3-5-21(19)30-17-9-6-15(24)7-10-17/h2-13H,1H3,(H2,25,26,29). The number of halogens is 1. The summed E-state index contributed by atoms with van der Waals surface area (Å²) in [4.78, 5) is 13.8. The fourth-order valence-corrected chi connectivity index (χ4v) is 4.23. The number of rotatable bonds is 4. The van der Waals surface area contributed by atoms with Gasteiger partial charge in [-0.25, -0.2) is 4.79 Å². The van der Waals surface area contributed by atoms with Crippen LogP contribution < -0.4 is 16.3 Å². The lowest BCUT2D eigenvalue weighted by Crippen LogP contribution is -2.19. The Kier molecular flexibility index (Phi) is 6.08. The number of hydrogen-bond donors (Lipinski definition) is 2. The van der Waals surface area contributed by atoms with Crippen molar-refractivity contribution in [3.63, 3.8) is 0 Å². The van der Waals surface area contributed by atoms with E-state index in [1.165, 1.54) is 6.07 Å². The van der Waals surface area contributed by atoms with E-state index in [0.717, 1.165) is 32.1 Å². The van der Waals surface area contributed by atoms with Crippen molar-refractivity contribution in [2.45, 2.75) is 16.7 Å². The van der Waals surface area contributed by atoms with E-state index in [9.17, 15) is 4.79 Å². The molecule has 4 rings (SSSR count). The Labute approximate surface area is 188 Å². The second-order valence-electron chi connectivity index (χ2n) is 6.59. The minimum absolute atomic E-state index is 0.369. The first kappa shape index (κ1) is 20.5. The van der Waals surface area contributed by atoms with Crippen LogP contribution in [0.4, 0.5) is 11.4 Å². The van der Waals surface area contributed by atoms with Gasteiger partial charge in [0.05, 0.1) is 5.69 Å². The summed E-state index contributed by atoms with van der Waals surface area (Å²) >= 11 is 13.1. The second kappa shape index (κ2) is 8.92. The van der Waals surface area contributed by atoms with Crippen LogP contribution in [0.1, 0.15) is 5.56 Å². The molecule has 0 aliphatic carbocycles. The number of benzene rings is 3. The van der Waals surface area contributed by atoms with E-state index in [0.29, 0.717) is 15.7 Å². The first-order valence-corrected chi connectivity index (χ1v) is 10.7. The number of nitrogens with one attached hydrogen (secondary N) is 2. The highest BCUT2D eigenvalue weighted by atomic mass is 35.5. The van der Waals surface area contributed by atoms with Gasteiger partial charge in [0, 0.05) is 38.0 Å². The summed E-state index contributed by atoms with van der Waals surface area (Å²) in [5, 5.41) is 8.43. The zero-order valence-corrected chi connectivity index (χ0v) is 18.3. The molecule has 3 aromatic carbocycles. The van der Waals surface area contributed by atoms with Gasteiger partial charge in [-0.05, 0) is 73.2 Å². The van der Waals surface area contributed by atoms with E-state index < -0.39 is 0 Å². The van der Waals surface area contributed by atoms with Crippen molar-refractivity contribution in [2.24, 2.45) is 0 Å². The zero-order valence-electron chi connectivity index (χ0n) is 15.9. The average Bonchev–Trinajstić information content (AvgIpc) is 2.70. The summed E-state index contributed by atoms with van der Waals surface area (Å²) < 4.78 is 5.30. The van der Waals surface area contributed by atoms with Crippen LogP contribution in [0.25, 0.3) is 11.0 Å². The lowest BCUT2D eigenvalue weighted by Gasteiger charge is -2.14. The van der Waals surface area contributed by atoms with Crippen LogP contribution in [-0.4, -0.2) is 5.11 Å². The lowest BCUT2D eigenvalue weighted by atomic mass is 10.1. The van der Waals surface area contributed by atoms with E-state index in [-0.39, 0.29) is 5.63 Å². The molecule has 4 nitrogen and oxygen atoms in total. The summed E-state index contributed by atoms with van der Waals surface area (Å²) in [5.74, 6) is 0. The molecule has 0 atom stereocenters. The van der Waals surface area contributed by atoms with Gasteiger partial charge in [0.25, 0.3) is 0 Å². The van der Waals surface area contributed by atoms with Gasteiger partial charge < -0.3 is 15.1 Å². The zero-order chi connectivity index (χ0) is 21.1. The van der Waals surface area contributed by atoms with Gasteiger partial charge in [-0.2, -0.15) is 0 Å². The van der Waals surface area contributed by atoms with Crippen LogP contribution in [0.15, 0.2) is 91.8 Å². The third-order valence-electron chi connectivity index (χ3n) is 4.39. The Bertz CT molecular complexity index is 1290. The summed E-state index contributed by atoms with van der Waals surface area (Å²) in [6.45, 7) is 1.88. The van der Waals surface area contributed by atoms with Gasteiger partial charge >= 0.3 is 5.63 Å². The Morgan fingerprint density at radius 3 is 2.57 bits per heavy atom. The van der Waals surface area contributed by atoms with Gasteiger partial charge in [-0.3, -0.25) is 0 Å².